The Bertz CT molecular complexity index is 587. The number of aromatic nitrogens is 3. The maximum atomic E-state index is 11.2. The van der Waals surface area contributed by atoms with Gasteiger partial charge < -0.3 is 0 Å². The number of fused-ring (bicyclic) bond motifs is 1. The Labute approximate surface area is 80.5 Å². The monoisotopic (exact) mass is 212 g/mol. The number of nitrogens with two attached hydrogens (primary N) is 1. The largest absolute Gasteiger partial charge is 0.273 e. The van der Waals surface area contributed by atoms with Crippen molar-refractivity contribution >= 4 is 15.8 Å². The number of hydrogen-bond donors (Lipinski definition) is 1. The van der Waals surface area contributed by atoms with Gasteiger partial charge in [-0.25, -0.2) is 23.5 Å². The summed E-state index contributed by atoms with van der Waals surface area (Å²) in [5.74, 6) is 0.328. The highest BCUT2D eigenvalue weighted by Gasteiger charge is 2.18. The van der Waals surface area contributed by atoms with Crippen molar-refractivity contribution in [2.45, 2.75) is 11.9 Å². The van der Waals surface area contributed by atoms with Crippen LogP contribution in [0.2, 0.25) is 0 Å². The first-order chi connectivity index (χ1) is 6.50. The molecule has 2 N–H and O–H groups in total. The zero-order chi connectivity index (χ0) is 10.3. The lowest BCUT2D eigenvalue weighted by molar-refractivity contribution is 0.592. The highest BCUT2D eigenvalue weighted by Crippen LogP contribution is 2.13. The average Bonchev–Trinajstić information content (AvgIpc) is 2.38. The van der Waals surface area contributed by atoms with E-state index in [9.17, 15) is 8.42 Å². The van der Waals surface area contributed by atoms with Gasteiger partial charge >= 0.3 is 0 Å². The van der Waals surface area contributed by atoms with E-state index >= 15 is 0 Å². The molecule has 0 radical (unpaired) electrons. The molecule has 0 amide bonds. The average molecular weight is 212 g/mol. The molecular weight excluding hydrogens is 204 g/mol. The smallest absolute Gasteiger partial charge is 0.255 e. The maximum Gasteiger partial charge on any atom is 0.255 e. The summed E-state index contributed by atoms with van der Waals surface area (Å²) in [7, 11) is -3.76. The second-order valence-electron chi connectivity index (χ2n) is 2.84. The van der Waals surface area contributed by atoms with Crippen molar-refractivity contribution in [3.8, 4) is 0 Å². The molecule has 0 saturated carbocycles. The van der Waals surface area contributed by atoms with Gasteiger partial charge in [0.1, 0.15) is 0 Å². The van der Waals surface area contributed by atoms with Crippen LogP contribution in [-0.4, -0.2) is 22.8 Å². The molecule has 0 fully saturated rings. The van der Waals surface area contributed by atoms with E-state index in [1.807, 2.05) is 0 Å². The van der Waals surface area contributed by atoms with Gasteiger partial charge in [0.25, 0.3) is 10.0 Å². The Kier molecular flexibility index (Phi) is 1.79. The first-order valence-corrected chi connectivity index (χ1v) is 5.37. The van der Waals surface area contributed by atoms with Gasteiger partial charge in [-0.2, -0.15) is 0 Å². The zero-order valence-corrected chi connectivity index (χ0v) is 8.19. The first-order valence-electron chi connectivity index (χ1n) is 3.82. The van der Waals surface area contributed by atoms with Crippen LogP contribution in [0.15, 0.2) is 23.5 Å². The summed E-state index contributed by atoms with van der Waals surface area (Å²) in [5.41, 5.74) is 0.353. The molecule has 0 unspecified atom stereocenters. The molecular formula is C7H8N4O2S. The van der Waals surface area contributed by atoms with Crippen molar-refractivity contribution in [1.82, 2.24) is 14.4 Å². The number of imidazole rings is 1. The Balaban J connectivity index is 2.95. The van der Waals surface area contributed by atoms with Crippen LogP contribution in [0.4, 0.5) is 0 Å². The van der Waals surface area contributed by atoms with Gasteiger partial charge in [0.05, 0.1) is 5.69 Å². The van der Waals surface area contributed by atoms with Gasteiger partial charge in [0.2, 0.25) is 5.78 Å². The molecule has 14 heavy (non-hydrogen) atoms. The van der Waals surface area contributed by atoms with Gasteiger partial charge in [-0.3, -0.25) is 4.40 Å². The fraction of sp³-hybridized carbons (Fsp3) is 0.143. The normalized spacial score (nSPS) is 12.1. The molecule has 0 saturated heterocycles. The van der Waals surface area contributed by atoms with Crippen molar-refractivity contribution in [3.63, 3.8) is 0 Å². The molecule has 0 atom stereocenters. The molecule has 2 heterocycles. The summed E-state index contributed by atoms with van der Waals surface area (Å²) in [4.78, 5) is 7.88. The summed E-state index contributed by atoms with van der Waals surface area (Å²) in [6, 6.07) is 1.61. The fourth-order valence-corrected chi connectivity index (χ4v) is 2.19. The summed E-state index contributed by atoms with van der Waals surface area (Å²) in [5, 5.41) is 5.04. The molecule has 0 aliphatic carbocycles. The van der Waals surface area contributed by atoms with Crippen molar-refractivity contribution in [3.05, 3.63) is 24.2 Å². The molecule has 74 valence electrons. The van der Waals surface area contributed by atoms with Crippen molar-refractivity contribution < 1.29 is 8.42 Å². The molecule has 0 aromatic carbocycles. The van der Waals surface area contributed by atoms with Crippen LogP contribution in [0.1, 0.15) is 5.69 Å². The van der Waals surface area contributed by atoms with Crippen LogP contribution in [0.3, 0.4) is 0 Å². The summed E-state index contributed by atoms with van der Waals surface area (Å²) >= 11 is 0. The zero-order valence-electron chi connectivity index (χ0n) is 7.38. The van der Waals surface area contributed by atoms with Crippen LogP contribution >= 0.6 is 0 Å². The number of primary sulfonamides is 1. The van der Waals surface area contributed by atoms with Crippen molar-refractivity contribution in [1.29, 1.82) is 0 Å². The van der Waals surface area contributed by atoms with Gasteiger partial charge in [-0.15, -0.1) is 0 Å². The number of hydrogen-bond acceptors (Lipinski definition) is 4. The van der Waals surface area contributed by atoms with E-state index in [4.69, 9.17) is 5.14 Å². The predicted octanol–water partition coefficient (Wildman–Crippen LogP) is -0.315. The van der Waals surface area contributed by atoms with E-state index in [0.717, 1.165) is 0 Å². The SMILES string of the molecule is Cc1nc2ncccn2c1S(N)(=O)=O. The number of aryl methyl sites for hydroxylation is 1. The lowest BCUT2D eigenvalue weighted by Gasteiger charge is -1.97. The van der Waals surface area contributed by atoms with Crippen LogP contribution in [0.25, 0.3) is 5.78 Å². The van der Waals surface area contributed by atoms with Gasteiger partial charge in [-0.1, -0.05) is 0 Å². The predicted molar refractivity (Wildman–Crippen MR) is 49.1 cm³/mol. The third-order valence-electron chi connectivity index (χ3n) is 1.79. The number of sulfonamides is 1. The Morgan fingerprint density at radius 3 is 2.86 bits per heavy atom. The third-order valence-corrected chi connectivity index (χ3v) is 2.82. The summed E-state index contributed by atoms with van der Waals surface area (Å²) in [6.45, 7) is 1.58. The molecule has 6 nitrogen and oxygen atoms in total. The molecule has 0 aliphatic rings. The number of nitrogens with zero attached hydrogens (tertiary/aromatic N) is 3. The topological polar surface area (TPSA) is 90.3 Å². The van der Waals surface area contributed by atoms with Gasteiger partial charge in [0, 0.05) is 12.4 Å². The highest BCUT2D eigenvalue weighted by molar-refractivity contribution is 7.89. The highest BCUT2D eigenvalue weighted by atomic mass is 32.2. The van der Waals surface area contributed by atoms with E-state index < -0.39 is 10.0 Å². The minimum atomic E-state index is -3.76. The van der Waals surface area contributed by atoms with E-state index in [1.165, 1.54) is 10.6 Å². The second-order valence-corrected chi connectivity index (χ2v) is 4.31. The van der Waals surface area contributed by atoms with E-state index in [0.29, 0.717) is 11.5 Å². The van der Waals surface area contributed by atoms with Gasteiger partial charge in [-0.05, 0) is 13.0 Å². The Morgan fingerprint density at radius 2 is 2.21 bits per heavy atom. The van der Waals surface area contributed by atoms with Crippen molar-refractivity contribution in [2.75, 3.05) is 0 Å². The molecule has 2 aromatic rings. The molecule has 2 rings (SSSR count). The molecule has 0 bridgehead atoms. The Morgan fingerprint density at radius 1 is 1.50 bits per heavy atom. The molecule has 0 aliphatic heterocycles. The van der Waals surface area contributed by atoms with Crippen molar-refractivity contribution in [2.24, 2.45) is 5.14 Å². The number of rotatable bonds is 1. The van der Waals surface area contributed by atoms with Crippen LogP contribution in [0, 0.1) is 6.92 Å². The lowest BCUT2D eigenvalue weighted by atomic mass is 10.6. The summed E-state index contributed by atoms with van der Waals surface area (Å²) in [6.07, 6.45) is 3.09. The van der Waals surface area contributed by atoms with Crippen LogP contribution in [-0.2, 0) is 10.0 Å². The fourth-order valence-electron chi connectivity index (χ4n) is 1.32. The quantitative estimate of drug-likeness (QED) is 0.701. The Hall–Kier alpha value is -1.47. The van der Waals surface area contributed by atoms with E-state index in [2.05, 4.69) is 9.97 Å². The minimum Gasteiger partial charge on any atom is -0.273 e. The third kappa shape index (κ3) is 1.26. The summed E-state index contributed by atoms with van der Waals surface area (Å²) < 4.78 is 23.8. The maximum absolute atomic E-state index is 11.2. The van der Waals surface area contributed by atoms with Crippen LogP contribution in [0.5, 0.6) is 0 Å². The molecule has 7 heteroatoms. The second kappa shape index (κ2) is 2.76. The van der Waals surface area contributed by atoms with E-state index in [-0.39, 0.29) is 5.03 Å². The standard InChI is InChI=1S/C7H8N4O2S/c1-5-6(14(8,12)13)11-4-2-3-9-7(11)10-5/h2-4H,1H3,(H2,8,12,13). The van der Waals surface area contributed by atoms with Gasteiger partial charge in [0.15, 0.2) is 5.03 Å². The first kappa shape index (κ1) is 9.10. The molecule has 2 aromatic heterocycles. The molecule has 0 spiro atoms. The minimum absolute atomic E-state index is 0.0133. The van der Waals surface area contributed by atoms with Crippen LogP contribution < -0.4 is 5.14 Å². The lowest BCUT2D eigenvalue weighted by Crippen LogP contribution is -2.15. The van der Waals surface area contributed by atoms with E-state index in [1.54, 1.807) is 19.2 Å².